The van der Waals surface area contributed by atoms with Crippen LogP contribution in [0.1, 0.15) is 35.3 Å². The van der Waals surface area contributed by atoms with Gasteiger partial charge in [-0.25, -0.2) is 9.18 Å². The summed E-state index contributed by atoms with van der Waals surface area (Å²) in [6.45, 7) is 7.29. The summed E-state index contributed by atoms with van der Waals surface area (Å²) in [5, 5.41) is 6.97. The molecule has 0 atom stereocenters. The van der Waals surface area contributed by atoms with Crippen molar-refractivity contribution in [3.05, 3.63) is 77.1 Å². The van der Waals surface area contributed by atoms with E-state index in [2.05, 4.69) is 47.6 Å². The summed E-state index contributed by atoms with van der Waals surface area (Å²) in [5.41, 5.74) is 2.20. The van der Waals surface area contributed by atoms with E-state index in [1.807, 2.05) is 18.2 Å². The van der Waals surface area contributed by atoms with Gasteiger partial charge >= 0.3 is 6.09 Å². The number of nitrogens with zero attached hydrogens (tertiary/aromatic N) is 1. The van der Waals surface area contributed by atoms with Crippen molar-refractivity contribution in [1.82, 2.24) is 10.2 Å². The van der Waals surface area contributed by atoms with Gasteiger partial charge in [0.1, 0.15) is 12.4 Å². The first-order chi connectivity index (χ1) is 15.4. The van der Waals surface area contributed by atoms with E-state index in [1.54, 1.807) is 0 Å². The predicted molar refractivity (Wildman–Crippen MR) is 124 cm³/mol. The second-order valence-corrected chi connectivity index (χ2v) is 7.45. The van der Waals surface area contributed by atoms with Gasteiger partial charge in [-0.05, 0) is 65.3 Å². The molecule has 3 aromatic carbocycles. The molecule has 3 aromatic rings. The Bertz CT molecular complexity index is 1110. The standard InChI is InChI=1S/C25H28FN3O3/c1-4-29(5-2)15-17-6-8-20-13-18(7-9-19(20)12-17)16-32-25(31)28-23-11-10-21(14-22(23)26)24(30)27-3/h6-14H,4-5,15-16H2,1-3H3,(H,27,30)(H,28,31). The normalized spacial score (nSPS) is 10.9. The highest BCUT2D eigenvalue weighted by atomic mass is 19.1. The number of benzene rings is 3. The van der Waals surface area contributed by atoms with Crippen LogP contribution in [0.5, 0.6) is 0 Å². The number of amides is 2. The SMILES string of the molecule is CCN(CC)Cc1ccc2cc(COC(=O)Nc3ccc(C(=O)NC)cc3F)ccc2c1. The van der Waals surface area contributed by atoms with E-state index >= 15 is 0 Å². The molecule has 3 rings (SSSR count). The van der Waals surface area contributed by atoms with Crippen molar-refractivity contribution in [2.24, 2.45) is 0 Å². The lowest BCUT2D eigenvalue weighted by atomic mass is 10.0. The summed E-state index contributed by atoms with van der Waals surface area (Å²) >= 11 is 0. The zero-order valence-corrected chi connectivity index (χ0v) is 18.6. The van der Waals surface area contributed by atoms with Crippen LogP contribution in [0.25, 0.3) is 10.8 Å². The Morgan fingerprint density at radius 1 is 0.938 bits per heavy atom. The Balaban J connectivity index is 1.60. The van der Waals surface area contributed by atoms with Crippen molar-refractivity contribution >= 4 is 28.5 Å². The van der Waals surface area contributed by atoms with Gasteiger partial charge in [0.2, 0.25) is 0 Å². The third-order valence-corrected chi connectivity index (χ3v) is 5.33. The fraction of sp³-hybridized carbons (Fsp3) is 0.280. The lowest BCUT2D eigenvalue weighted by molar-refractivity contribution is 0.0962. The van der Waals surface area contributed by atoms with Crippen LogP contribution in [0, 0.1) is 5.82 Å². The average Bonchev–Trinajstić information content (AvgIpc) is 2.81. The van der Waals surface area contributed by atoms with Crippen LogP contribution in [-0.4, -0.2) is 37.0 Å². The van der Waals surface area contributed by atoms with Crippen molar-refractivity contribution in [3.8, 4) is 0 Å². The topological polar surface area (TPSA) is 70.7 Å². The number of rotatable bonds is 8. The van der Waals surface area contributed by atoms with Crippen LogP contribution in [0.3, 0.4) is 0 Å². The quantitative estimate of drug-likeness (QED) is 0.524. The number of halogens is 1. The van der Waals surface area contributed by atoms with E-state index in [4.69, 9.17) is 4.74 Å². The smallest absolute Gasteiger partial charge is 0.412 e. The van der Waals surface area contributed by atoms with E-state index in [-0.39, 0.29) is 17.9 Å². The van der Waals surface area contributed by atoms with Gasteiger partial charge in [-0.1, -0.05) is 38.1 Å². The summed E-state index contributed by atoms with van der Waals surface area (Å²) in [6, 6.07) is 16.1. The summed E-state index contributed by atoms with van der Waals surface area (Å²) < 4.78 is 19.4. The van der Waals surface area contributed by atoms with Crippen molar-refractivity contribution in [2.75, 3.05) is 25.5 Å². The minimum Gasteiger partial charge on any atom is -0.444 e. The third-order valence-electron chi connectivity index (χ3n) is 5.33. The van der Waals surface area contributed by atoms with Crippen LogP contribution < -0.4 is 10.6 Å². The van der Waals surface area contributed by atoms with Gasteiger partial charge in [-0.2, -0.15) is 0 Å². The molecule has 32 heavy (non-hydrogen) atoms. The lowest BCUT2D eigenvalue weighted by Gasteiger charge is -2.18. The Kier molecular flexibility index (Phi) is 7.78. The van der Waals surface area contributed by atoms with Crippen LogP contribution in [0.15, 0.2) is 54.6 Å². The van der Waals surface area contributed by atoms with Crippen molar-refractivity contribution in [3.63, 3.8) is 0 Å². The second-order valence-electron chi connectivity index (χ2n) is 7.45. The van der Waals surface area contributed by atoms with Crippen molar-refractivity contribution < 1.29 is 18.7 Å². The molecule has 0 aliphatic heterocycles. The van der Waals surface area contributed by atoms with Crippen molar-refractivity contribution in [1.29, 1.82) is 0 Å². The highest BCUT2D eigenvalue weighted by molar-refractivity contribution is 5.95. The first-order valence-corrected chi connectivity index (χ1v) is 10.6. The number of fused-ring (bicyclic) bond motifs is 1. The van der Waals surface area contributed by atoms with Gasteiger partial charge in [0, 0.05) is 19.2 Å². The lowest BCUT2D eigenvalue weighted by Crippen LogP contribution is -2.21. The van der Waals surface area contributed by atoms with Gasteiger partial charge in [0.05, 0.1) is 5.69 Å². The molecule has 0 bridgehead atoms. The summed E-state index contributed by atoms with van der Waals surface area (Å²) in [6.07, 6.45) is -0.772. The number of anilines is 1. The largest absolute Gasteiger partial charge is 0.444 e. The second kappa shape index (κ2) is 10.7. The molecule has 0 heterocycles. The first kappa shape index (κ1) is 23.2. The fourth-order valence-corrected chi connectivity index (χ4v) is 3.44. The molecule has 0 unspecified atom stereocenters. The average molecular weight is 438 g/mol. The Morgan fingerprint density at radius 3 is 2.22 bits per heavy atom. The molecule has 0 aliphatic rings. The van der Waals surface area contributed by atoms with Crippen LogP contribution in [0.2, 0.25) is 0 Å². The molecular weight excluding hydrogens is 409 g/mol. The van der Waals surface area contributed by atoms with E-state index in [0.717, 1.165) is 42.0 Å². The number of hydrogen-bond acceptors (Lipinski definition) is 4. The van der Waals surface area contributed by atoms with E-state index < -0.39 is 17.8 Å². The molecule has 0 saturated heterocycles. The molecule has 0 radical (unpaired) electrons. The molecule has 0 fully saturated rings. The zero-order chi connectivity index (χ0) is 23.1. The molecule has 7 heteroatoms. The van der Waals surface area contributed by atoms with Gasteiger partial charge in [-0.15, -0.1) is 0 Å². The number of carbonyl (C=O) groups is 2. The highest BCUT2D eigenvalue weighted by Gasteiger charge is 2.12. The third kappa shape index (κ3) is 5.82. The maximum absolute atomic E-state index is 14.1. The van der Waals surface area contributed by atoms with Crippen LogP contribution in [-0.2, 0) is 17.9 Å². The molecule has 0 aromatic heterocycles. The minimum absolute atomic E-state index is 0.0538. The van der Waals surface area contributed by atoms with Crippen molar-refractivity contribution in [2.45, 2.75) is 27.0 Å². The number of carbonyl (C=O) groups excluding carboxylic acids is 2. The molecule has 0 spiro atoms. The minimum atomic E-state index is -0.772. The zero-order valence-electron chi connectivity index (χ0n) is 18.6. The van der Waals surface area contributed by atoms with Gasteiger partial charge in [0.15, 0.2) is 0 Å². The molecule has 6 nitrogen and oxygen atoms in total. The summed E-state index contributed by atoms with van der Waals surface area (Å²) in [7, 11) is 1.46. The molecule has 0 aliphatic carbocycles. The monoisotopic (exact) mass is 437 g/mol. The Labute approximate surface area is 187 Å². The van der Waals surface area contributed by atoms with Crippen LogP contribution in [0.4, 0.5) is 14.9 Å². The Hall–Kier alpha value is -3.45. The number of ether oxygens (including phenoxy) is 1. The van der Waals surface area contributed by atoms with Gasteiger partial charge < -0.3 is 10.1 Å². The van der Waals surface area contributed by atoms with E-state index in [1.165, 1.54) is 24.7 Å². The van der Waals surface area contributed by atoms with E-state index in [0.29, 0.717) is 0 Å². The molecular formula is C25H28FN3O3. The molecule has 2 amide bonds. The fourth-order valence-electron chi connectivity index (χ4n) is 3.44. The first-order valence-electron chi connectivity index (χ1n) is 10.6. The summed E-state index contributed by atoms with van der Waals surface area (Å²) in [5.74, 6) is -1.12. The Morgan fingerprint density at radius 2 is 1.59 bits per heavy atom. The van der Waals surface area contributed by atoms with Gasteiger partial charge in [0.25, 0.3) is 5.91 Å². The van der Waals surface area contributed by atoms with Gasteiger partial charge in [-0.3, -0.25) is 15.0 Å². The molecule has 2 N–H and O–H groups in total. The number of hydrogen-bond donors (Lipinski definition) is 2. The molecule has 0 saturated carbocycles. The molecule has 168 valence electrons. The van der Waals surface area contributed by atoms with E-state index in [9.17, 15) is 14.0 Å². The highest BCUT2D eigenvalue weighted by Crippen LogP contribution is 2.20. The maximum Gasteiger partial charge on any atom is 0.412 e. The number of nitrogens with one attached hydrogen (secondary N) is 2. The summed E-state index contributed by atoms with van der Waals surface area (Å²) in [4.78, 5) is 26.0. The van der Waals surface area contributed by atoms with Crippen LogP contribution >= 0.6 is 0 Å². The maximum atomic E-state index is 14.1. The predicted octanol–water partition coefficient (Wildman–Crippen LogP) is 4.93.